The molecule has 0 spiro atoms. The van der Waals surface area contributed by atoms with E-state index in [1.165, 1.54) is 16.8 Å². The maximum atomic E-state index is 5.05. The van der Waals surface area contributed by atoms with Gasteiger partial charge in [-0.05, 0) is 18.1 Å². The lowest BCUT2D eigenvalue weighted by molar-refractivity contribution is 0.198. The first kappa shape index (κ1) is 12.7. The summed E-state index contributed by atoms with van der Waals surface area (Å²) in [6.07, 6.45) is 1.01. The predicted molar refractivity (Wildman–Crippen MR) is 76.9 cm³/mol. The topological polar surface area (TPSA) is 21.3 Å². The Hall–Kier alpha value is -1.80. The molecule has 94 valence electrons. The smallest absolute Gasteiger partial charge is 0.0479 e. The van der Waals surface area contributed by atoms with E-state index in [1.54, 1.807) is 7.11 Å². The Kier molecular flexibility index (Phi) is 4.79. The van der Waals surface area contributed by atoms with Gasteiger partial charge in [-0.1, -0.05) is 48.5 Å². The van der Waals surface area contributed by atoms with E-state index in [4.69, 9.17) is 4.74 Å². The zero-order valence-corrected chi connectivity index (χ0v) is 10.7. The Morgan fingerprint density at radius 2 is 1.67 bits per heavy atom. The van der Waals surface area contributed by atoms with Crippen molar-refractivity contribution in [2.75, 3.05) is 25.6 Å². The largest absolute Gasteiger partial charge is 0.385 e. The number of methoxy groups -OCH3 is 1. The average molecular weight is 241 g/mol. The second-order valence-corrected chi connectivity index (χ2v) is 4.18. The quantitative estimate of drug-likeness (QED) is 0.777. The van der Waals surface area contributed by atoms with E-state index in [0.717, 1.165) is 19.6 Å². The standard InChI is InChI=1S/C16H19NO/c1-18-13-7-12-17-16-11-6-5-10-15(16)14-8-3-2-4-9-14/h2-6,8-11,17H,7,12-13H2,1H3. The Balaban J connectivity index is 2.11. The fourth-order valence-corrected chi connectivity index (χ4v) is 1.95. The van der Waals surface area contributed by atoms with Crippen molar-refractivity contribution in [2.24, 2.45) is 0 Å². The molecule has 2 aromatic rings. The highest BCUT2D eigenvalue weighted by Crippen LogP contribution is 2.27. The number of anilines is 1. The number of hydrogen-bond donors (Lipinski definition) is 1. The van der Waals surface area contributed by atoms with E-state index >= 15 is 0 Å². The molecule has 2 rings (SSSR count). The minimum atomic E-state index is 0.792. The van der Waals surface area contributed by atoms with Crippen LogP contribution in [-0.4, -0.2) is 20.3 Å². The third kappa shape index (κ3) is 3.34. The van der Waals surface area contributed by atoms with Gasteiger partial charge in [0.25, 0.3) is 0 Å². The summed E-state index contributed by atoms with van der Waals surface area (Å²) in [6, 6.07) is 18.8. The molecule has 0 aliphatic heterocycles. The van der Waals surface area contributed by atoms with Crippen LogP contribution in [0.15, 0.2) is 54.6 Å². The molecule has 0 saturated carbocycles. The molecular weight excluding hydrogens is 222 g/mol. The van der Waals surface area contributed by atoms with Crippen LogP contribution in [0.5, 0.6) is 0 Å². The van der Waals surface area contributed by atoms with Gasteiger partial charge < -0.3 is 10.1 Å². The first-order chi connectivity index (χ1) is 8.92. The van der Waals surface area contributed by atoms with Crippen LogP contribution >= 0.6 is 0 Å². The first-order valence-corrected chi connectivity index (χ1v) is 6.29. The summed E-state index contributed by atoms with van der Waals surface area (Å²) in [5.74, 6) is 0. The summed E-state index contributed by atoms with van der Waals surface area (Å²) in [5.41, 5.74) is 3.67. The van der Waals surface area contributed by atoms with Crippen molar-refractivity contribution in [3.63, 3.8) is 0 Å². The van der Waals surface area contributed by atoms with Crippen LogP contribution in [-0.2, 0) is 4.74 Å². The van der Waals surface area contributed by atoms with E-state index in [9.17, 15) is 0 Å². The highest BCUT2D eigenvalue weighted by molar-refractivity contribution is 5.77. The summed E-state index contributed by atoms with van der Waals surface area (Å²) < 4.78 is 5.05. The van der Waals surface area contributed by atoms with Gasteiger partial charge in [-0.15, -0.1) is 0 Å². The van der Waals surface area contributed by atoms with Gasteiger partial charge in [0.05, 0.1) is 0 Å². The maximum absolute atomic E-state index is 5.05. The molecule has 2 aromatic carbocycles. The minimum absolute atomic E-state index is 0.792. The molecule has 0 atom stereocenters. The van der Waals surface area contributed by atoms with Gasteiger partial charge in [0.2, 0.25) is 0 Å². The van der Waals surface area contributed by atoms with Crippen molar-refractivity contribution in [1.29, 1.82) is 0 Å². The first-order valence-electron chi connectivity index (χ1n) is 6.29. The SMILES string of the molecule is COCCCNc1ccccc1-c1ccccc1. The molecule has 0 saturated heterocycles. The molecular formula is C16H19NO. The number of para-hydroxylation sites is 1. The lowest BCUT2D eigenvalue weighted by Crippen LogP contribution is -2.05. The number of benzene rings is 2. The van der Waals surface area contributed by atoms with Gasteiger partial charge in [0, 0.05) is 31.5 Å². The van der Waals surface area contributed by atoms with Crippen LogP contribution in [0, 0.1) is 0 Å². The van der Waals surface area contributed by atoms with Crippen LogP contribution in [0.2, 0.25) is 0 Å². The number of nitrogens with one attached hydrogen (secondary N) is 1. The number of hydrogen-bond acceptors (Lipinski definition) is 2. The van der Waals surface area contributed by atoms with E-state index in [1.807, 2.05) is 6.07 Å². The molecule has 2 nitrogen and oxygen atoms in total. The Morgan fingerprint density at radius 3 is 2.44 bits per heavy atom. The van der Waals surface area contributed by atoms with Gasteiger partial charge in [-0.25, -0.2) is 0 Å². The molecule has 0 aliphatic carbocycles. The van der Waals surface area contributed by atoms with Crippen molar-refractivity contribution >= 4 is 5.69 Å². The maximum Gasteiger partial charge on any atom is 0.0479 e. The minimum Gasteiger partial charge on any atom is -0.385 e. The predicted octanol–water partition coefficient (Wildman–Crippen LogP) is 3.80. The molecule has 0 bridgehead atoms. The Morgan fingerprint density at radius 1 is 0.944 bits per heavy atom. The number of ether oxygens (including phenoxy) is 1. The summed E-state index contributed by atoms with van der Waals surface area (Å²) in [6.45, 7) is 1.72. The third-order valence-corrected chi connectivity index (χ3v) is 2.85. The molecule has 0 unspecified atom stereocenters. The van der Waals surface area contributed by atoms with Crippen LogP contribution < -0.4 is 5.32 Å². The fourth-order valence-electron chi connectivity index (χ4n) is 1.95. The highest BCUT2D eigenvalue weighted by atomic mass is 16.5. The summed E-state index contributed by atoms with van der Waals surface area (Å²) in [7, 11) is 1.73. The fraction of sp³-hybridized carbons (Fsp3) is 0.250. The summed E-state index contributed by atoms with van der Waals surface area (Å²) in [4.78, 5) is 0. The molecule has 2 heteroatoms. The third-order valence-electron chi connectivity index (χ3n) is 2.85. The molecule has 0 aliphatic rings. The highest BCUT2D eigenvalue weighted by Gasteiger charge is 2.02. The van der Waals surface area contributed by atoms with Gasteiger partial charge in [-0.3, -0.25) is 0 Å². The zero-order chi connectivity index (χ0) is 12.6. The van der Waals surface area contributed by atoms with Gasteiger partial charge in [0.1, 0.15) is 0 Å². The van der Waals surface area contributed by atoms with E-state index < -0.39 is 0 Å². The molecule has 0 radical (unpaired) electrons. The lowest BCUT2D eigenvalue weighted by Gasteiger charge is -2.12. The average Bonchev–Trinajstić information content (AvgIpc) is 2.45. The van der Waals surface area contributed by atoms with Crippen LogP contribution in [0.1, 0.15) is 6.42 Å². The van der Waals surface area contributed by atoms with Crippen LogP contribution in [0.3, 0.4) is 0 Å². The summed E-state index contributed by atoms with van der Waals surface area (Å²) >= 11 is 0. The molecule has 0 heterocycles. The van der Waals surface area contributed by atoms with Gasteiger partial charge in [0.15, 0.2) is 0 Å². The van der Waals surface area contributed by atoms with E-state index in [0.29, 0.717) is 0 Å². The molecule has 1 N–H and O–H groups in total. The van der Waals surface area contributed by atoms with E-state index in [-0.39, 0.29) is 0 Å². The van der Waals surface area contributed by atoms with Crippen molar-refractivity contribution in [3.05, 3.63) is 54.6 Å². The van der Waals surface area contributed by atoms with Gasteiger partial charge >= 0.3 is 0 Å². The second kappa shape index (κ2) is 6.82. The van der Waals surface area contributed by atoms with E-state index in [2.05, 4.69) is 53.8 Å². The lowest BCUT2D eigenvalue weighted by atomic mass is 10.0. The van der Waals surface area contributed by atoms with Crippen LogP contribution in [0.25, 0.3) is 11.1 Å². The summed E-state index contributed by atoms with van der Waals surface area (Å²) in [5, 5.41) is 3.47. The van der Waals surface area contributed by atoms with Crippen LogP contribution in [0.4, 0.5) is 5.69 Å². The van der Waals surface area contributed by atoms with Gasteiger partial charge in [-0.2, -0.15) is 0 Å². The molecule has 0 amide bonds. The Bertz CT molecular complexity index is 468. The zero-order valence-electron chi connectivity index (χ0n) is 10.7. The molecule has 18 heavy (non-hydrogen) atoms. The van der Waals surface area contributed by atoms with Crippen molar-refractivity contribution in [3.8, 4) is 11.1 Å². The van der Waals surface area contributed by atoms with Crippen molar-refractivity contribution < 1.29 is 4.74 Å². The van der Waals surface area contributed by atoms with Crippen molar-refractivity contribution in [2.45, 2.75) is 6.42 Å². The molecule has 0 fully saturated rings. The Labute approximate surface area is 109 Å². The number of rotatable bonds is 6. The monoisotopic (exact) mass is 241 g/mol. The molecule has 0 aromatic heterocycles. The normalized spacial score (nSPS) is 10.3. The van der Waals surface area contributed by atoms with Crippen molar-refractivity contribution in [1.82, 2.24) is 0 Å². The second-order valence-electron chi connectivity index (χ2n) is 4.18.